The van der Waals surface area contributed by atoms with E-state index < -0.39 is 12.1 Å². The lowest BCUT2D eigenvalue weighted by atomic mass is 9.84. The summed E-state index contributed by atoms with van der Waals surface area (Å²) in [4.78, 5) is 41.7. The number of benzene rings is 1. The van der Waals surface area contributed by atoms with E-state index in [1.807, 2.05) is 0 Å². The summed E-state index contributed by atoms with van der Waals surface area (Å²) in [6, 6.07) is 5.79. The molecular formula is C22H30N4O4. The van der Waals surface area contributed by atoms with Crippen molar-refractivity contribution in [3.63, 3.8) is 0 Å². The Kier molecular flexibility index (Phi) is 6.11. The van der Waals surface area contributed by atoms with Crippen molar-refractivity contribution in [3.8, 4) is 5.75 Å². The lowest BCUT2D eigenvalue weighted by molar-refractivity contribution is -0.152. The molecule has 2 atom stereocenters. The zero-order valence-corrected chi connectivity index (χ0v) is 17.4. The Morgan fingerprint density at radius 1 is 1.20 bits per heavy atom. The molecule has 3 fully saturated rings. The summed E-state index contributed by atoms with van der Waals surface area (Å²) in [6.07, 6.45) is 6.70. The van der Waals surface area contributed by atoms with Crippen LogP contribution in [-0.2, 0) is 9.59 Å². The molecule has 1 saturated carbocycles. The van der Waals surface area contributed by atoms with E-state index in [4.69, 9.17) is 4.74 Å². The van der Waals surface area contributed by atoms with Crippen LogP contribution < -0.4 is 15.4 Å². The van der Waals surface area contributed by atoms with Crippen molar-refractivity contribution in [1.29, 1.82) is 0 Å². The van der Waals surface area contributed by atoms with Gasteiger partial charge in [0.25, 0.3) is 0 Å². The van der Waals surface area contributed by atoms with Gasteiger partial charge in [-0.25, -0.2) is 4.79 Å². The summed E-state index contributed by atoms with van der Waals surface area (Å²) < 4.78 is 5.18. The molecule has 2 aliphatic heterocycles. The van der Waals surface area contributed by atoms with E-state index in [2.05, 4.69) is 10.6 Å². The number of nitrogens with one attached hydrogen (secondary N) is 2. The molecule has 1 aromatic rings. The van der Waals surface area contributed by atoms with Gasteiger partial charge in [0.1, 0.15) is 17.8 Å². The highest BCUT2D eigenvalue weighted by molar-refractivity contribution is 5.98. The molecule has 0 unspecified atom stereocenters. The van der Waals surface area contributed by atoms with E-state index in [0.717, 1.165) is 19.3 Å². The van der Waals surface area contributed by atoms with Gasteiger partial charge in [0.2, 0.25) is 11.8 Å². The lowest BCUT2D eigenvalue weighted by Gasteiger charge is -2.45. The van der Waals surface area contributed by atoms with Gasteiger partial charge in [-0.2, -0.15) is 0 Å². The van der Waals surface area contributed by atoms with Crippen molar-refractivity contribution in [2.45, 2.75) is 50.6 Å². The fourth-order valence-electron chi connectivity index (χ4n) is 4.80. The maximum atomic E-state index is 13.0. The number of amides is 4. The number of piperazine rings is 2. The number of ether oxygens (including phenoxy) is 1. The number of hydrogen-bond donors (Lipinski definition) is 2. The van der Waals surface area contributed by atoms with Gasteiger partial charge in [-0.15, -0.1) is 0 Å². The fraction of sp³-hybridized carbons (Fsp3) is 0.591. The number of carbonyl (C=O) groups excluding carboxylic acids is 3. The van der Waals surface area contributed by atoms with Gasteiger partial charge in [0.15, 0.2) is 0 Å². The predicted molar refractivity (Wildman–Crippen MR) is 112 cm³/mol. The Labute approximate surface area is 176 Å². The molecule has 0 radical (unpaired) electrons. The van der Waals surface area contributed by atoms with Crippen LogP contribution >= 0.6 is 0 Å². The predicted octanol–water partition coefficient (Wildman–Crippen LogP) is 2.21. The van der Waals surface area contributed by atoms with Gasteiger partial charge >= 0.3 is 6.03 Å². The summed E-state index contributed by atoms with van der Waals surface area (Å²) in [5.74, 6) is 1.01. The van der Waals surface area contributed by atoms with Crippen LogP contribution in [0.3, 0.4) is 0 Å². The number of rotatable bonds is 4. The van der Waals surface area contributed by atoms with Crippen LogP contribution in [0.5, 0.6) is 5.75 Å². The third-order valence-electron chi connectivity index (χ3n) is 6.48. The molecule has 4 amide bonds. The number of carbonyl (C=O) groups is 3. The first kappa shape index (κ1) is 20.5. The first-order valence-electron chi connectivity index (χ1n) is 10.9. The van der Waals surface area contributed by atoms with Gasteiger partial charge in [0, 0.05) is 24.8 Å². The third kappa shape index (κ3) is 4.37. The normalized spacial score (nSPS) is 24.8. The van der Waals surface area contributed by atoms with Gasteiger partial charge in [-0.3, -0.25) is 9.59 Å². The highest BCUT2D eigenvalue weighted by Gasteiger charge is 2.44. The number of methoxy groups -OCH3 is 1. The van der Waals surface area contributed by atoms with E-state index in [0.29, 0.717) is 30.4 Å². The second-order valence-electron chi connectivity index (χ2n) is 8.46. The minimum Gasteiger partial charge on any atom is -0.497 e. The monoisotopic (exact) mass is 414 g/mol. The molecule has 30 heavy (non-hydrogen) atoms. The van der Waals surface area contributed by atoms with Crippen LogP contribution in [0, 0.1) is 5.92 Å². The largest absolute Gasteiger partial charge is 0.497 e. The Hall–Kier alpha value is -2.77. The van der Waals surface area contributed by atoms with Gasteiger partial charge in [0.05, 0.1) is 13.7 Å². The highest BCUT2D eigenvalue weighted by Crippen LogP contribution is 2.29. The minimum absolute atomic E-state index is 0.00183. The Bertz CT molecular complexity index is 808. The Morgan fingerprint density at radius 3 is 2.77 bits per heavy atom. The van der Waals surface area contributed by atoms with E-state index in [-0.39, 0.29) is 24.4 Å². The number of urea groups is 1. The summed E-state index contributed by atoms with van der Waals surface area (Å²) in [7, 11) is 1.57. The van der Waals surface area contributed by atoms with Crippen molar-refractivity contribution in [3.05, 3.63) is 24.3 Å². The first-order valence-corrected chi connectivity index (χ1v) is 10.9. The number of anilines is 1. The lowest BCUT2D eigenvalue weighted by Crippen LogP contribution is -2.70. The number of fused-ring (bicyclic) bond motifs is 1. The van der Waals surface area contributed by atoms with Crippen LogP contribution in [-0.4, -0.2) is 66.5 Å². The molecule has 0 spiro atoms. The molecule has 2 heterocycles. The first-order chi connectivity index (χ1) is 14.5. The highest BCUT2D eigenvalue weighted by atomic mass is 16.5. The van der Waals surface area contributed by atoms with E-state index in [1.165, 1.54) is 19.3 Å². The molecule has 1 aliphatic carbocycles. The quantitative estimate of drug-likeness (QED) is 0.790. The average molecular weight is 415 g/mol. The summed E-state index contributed by atoms with van der Waals surface area (Å²) in [6.45, 7) is 0.981. The zero-order valence-electron chi connectivity index (χ0n) is 17.4. The summed E-state index contributed by atoms with van der Waals surface area (Å²) in [5, 5.41) is 5.77. The maximum absolute atomic E-state index is 13.0. The molecule has 1 aromatic carbocycles. The molecule has 162 valence electrons. The molecule has 2 saturated heterocycles. The van der Waals surface area contributed by atoms with Crippen molar-refractivity contribution in [2.24, 2.45) is 5.92 Å². The fourth-order valence-corrected chi connectivity index (χ4v) is 4.80. The molecule has 8 nitrogen and oxygen atoms in total. The molecule has 0 bridgehead atoms. The van der Waals surface area contributed by atoms with Gasteiger partial charge in [-0.05, 0) is 24.5 Å². The van der Waals surface area contributed by atoms with Crippen molar-refractivity contribution in [1.82, 2.24) is 15.1 Å². The third-order valence-corrected chi connectivity index (χ3v) is 6.48. The van der Waals surface area contributed by atoms with Crippen molar-refractivity contribution >= 4 is 23.5 Å². The van der Waals surface area contributed by atoms with Crippen LogP contribution in [0.4, 0.5) is 10.5 Å². The Balaban J connectivity index is 1.36. The topological polar surface area (TPSA) is 91.0 Å². The second kappa shape index (κ2) is 8.93. The van der Waals surface area contributed by atoms with Crippen molar-refractivity contribution < 1.29 is 19.1 Å². The van der Waals surface area contributed by atoms with Crippen LogP contribution in [0.25, 0.3) is 0 Å². The van der Waals surface area contributed by atoms with Crippen LogP contribution in [0.15, 0.2) is 24.3 Å². The van der Waals surface area contributed by atoms with E-state index >= 15 is 0 Å². The molecule has 3 aliphatic rings. The molecule has 0 aromatic heterocycles. The van der Waals surface area contributed by atoms with E-state index in [9.17, 15) is 14.4 Å². The SMILES string of the molecule is COc1cccc(NC(=O)N2CCN3C(=O)[C@H](CC4CCCCC4)NC(=O)[C@H]3C2)c1. The number of hydrogen-bond acceptors (Lipinski definition) is 4. The standard InChI is InChI=1S/C22H30N4O4/c1-30-17-9-5-8-16(13-17)23-22(29)25-10-11-26-19(14-25)20(27)24-18(21(26)28)12-15-6-3-2-4-7-15/h5,8-9,13,15,18-19H,2-4,6-7,10-12,14H2,1H3,(H,23,29)(H,24,27)/t18-,19+/m0/s1. The van der Waals surface area contributed by atoms with E-state index in [1.54, 1.807) is 41.2 Å². The van der Waals surface area contributed by atoms with Crippen LogP contribution in [0.1, 0.15) is 38.5 Å². The van der Waals surface area contributed by atoms with Crippen molar-refractivity contribution in [2.75, 3.05) is 32.1 Å². The second-order valence-corrected chi connectivity index (χ2v) is 8.46. The smallest absolute Gasteiger partial charge is 0.321 e. The van der Waals surface area contributed by atoms with Gasteiger partial charge < -0.3 is 25.2 Å². The average Bonchev–Trinajstić information content (AvgIpc) is 2.77. The zero-order chi connectivity index (χ0) is 21.1. The molecule has 2 N–H and O–H groups in total. The molecule has 4 rings (SSSR count). The minimum atomic E-state index is -0.620. The summed E-state index contributed by atoms with van der Waals surface area (Å²) in [5.41, 5.74) is 0.624. The maximum Gasteiger partial charge on any atom is 0.321 e. The number of nitrogens with zero attached hydrogens (tertiary/aromatic N) is 2. The molecule has 8 heteroatoms. The molecular weight excluding hydrogens is 384 g/mol. The van der Waals surface area contributed by atoms with Crippen LogP contribution in [0.2, 0.25) is 0 Å². The van der Waals surface area contributed by atoms with Gasteiger partial charge in [-0.1, -0.05) is 38.2 Å². The summed E-state index contributed by atoms with van der Waals surface area (Å²) >= 11 is 0. The Morgan fingerprint density at radius 2 is 2.00 bits per heavy atom.